The van der Waals surface area contributed by atoms with Gasteiger partial charge in [0.25, 0.3) is 11.8 Å². The van der Waals surface area contributed by atoms with E-state index in [-0.39, 0.29) is 37.4 Å². The van der Waals surface area contributed by atoms with E-state index in [1.165, 1.54) is 6.92 Å². The van der Waals surface area contributed by atoms with Crippen molar-refractivity contribution in [2.75, 3.05) is 26.2 Å². The number of nitrogens with one attached hydrogen (secondary N) is 4. The molecule has 2 rings (SSSR count). The minimum atomic E-state index is -0.966. The number of carbonyl (C=O) groups excluding carboxylic acids is 7. The highest BCUT2D eigenvalue weighted by Crippen LogP contribution is 2.04. The van der Waals surface area contributed by atoms with E-state index < -0.39 is 54.6 Å². The number of hydrogen-bond acceptors (Lipinski definition) is 7. The number of carbonyl (C=O) groups is 7. The molecule has 6 amide bonds. The molecule has 1 aromatic rings. The van der Waals surface area contributed by atoms with E-state index in [1.54, 1.807) is 24.3 Å². The van der Waals surface area contributed by atoms with E-state index in [4.69, 9.17) is 0 Å². The highest BCUT2D eigenvalue weighted by atomic mass is 16.2. The van der Waals surface area contributed by atoms with Crippen LogP contribution in [0.2, 0.25) is 0 Å². The Labute approximate surface area is 221 Å². The molecule has 0 saturated heterocycles. The van der Waals surface area contributed by atoms with Crippen molar-refractivity contribution in [3.8, 4) is 0 Å². The van der Waals surface area contributed by atoms with Gasteiger partial charge in [0.15, 0.2) is 0 Å². The lowest BCUT2D eigenvalue weighted by atomic mass is 10.1. The van der Waals surface area contributed by atoms with Gasteiger partial charge in [-0.25, -0.2) is 0 Å². The first-order chi connectivity index (χ1) is 17.7. The number of rotatable bonds is 13. The zero-order valence-electron chi connectivity index (χ0n) is 21.2. The summed E-state index contributed by atoms with van der Waals surface area (Å²) in [5.41, 5.74) is 0.788. The Morgan fingerprint density at radius 1 is 0.811 bits per heavy atom. The molecule has 0 saturated carbocycles. The van der Waals surface area contributed by atoms with Crippen LogP contribution < -0.4 is 21.3 Å². The molecule has 0 aromatic heterocycles. The number of nitrogens with zero attached hydrogens (tertiary/aromatic N) is 1. The van der Waals surface area contributed by atoms with Crippen molar-refractivity contribution in [2.24, 2.45) is 0 Å². The molecule has 0 radical (unpaired) electrons. The summed E-state index contributed by atoms with van der Waals surface area (Å²) in [5, 5.41) is 9.64. The number of ketones is 1. The molecule has 208 valence electrons. The van der Waals surface area contributed by atoms with Crippen LogP contribution >= 0.6 is 0 Å². The van der Waals surface area contributed by atoms with Gasteiger partial charge in [-0.2, -0.15) is 0 Å². The highest BCUT2D eigenvalue weighted by molar-refractivity contribution is 6.13. The van der Waals surface area contributed by atoms with Crippen LogP contribution in [0, 0.1) is 0 Å². The van der Waals surface area contributed by atoms with Crippen molar-refractivity contribution in [1.29, 1.82) is 0 Å². The van der Waals surface area contributed by atoms with Crippen molar-refractivity contribution >= 4 is 41.2 Å². The van der Waals surface area contributed by atoms with Gasteiger partial charge in [0.2, 0.25) is 23.6 Å². The minimum absolute atomic E-state index is 0. The Morgan fingerprint density at radius 2 is 1.38 bits per heavy atom. The van der Waals surface area contributed by atoms with Gasteiger partial charge in [0, 0.05) is 37.2 Å². The second-order valence-corrected chi connectivity index (χ2v) is 7.69. The first kappa shape index (κ1) is 30.7. The summed E-state index contributed by atoms with van der Waals surface area (Å²) in [5.74, 6) is -3.64. The number of benzene rings is 1. The summed E-state index contributed by atoms with van der Waals surface area (Å²) in [7, 11) is 0. The second-order valence-electron chi connectivity index (χ2n) is 7.69. The third-order valence-corrected chi connectivity index (χ3v) is 4.80. The van der Waals surface area contributed by atoms with Crippen LogP contribution in [-0.2, 0) is 40.0 Å². The molecule has 0 spiro atoms. The Morgan fingerprint density at radius 3 is 1.97 bits per heavy atom. The predicted octanol–water partition coefficient (Wildman–Crippen LogP) is -0.0232. The third-order valence-electron chi connectivity index (χ3n) is 4.80. The van der Waals surface area contributed by atoms with Gasteiger partial charge in [-0.1, -0.05) is 44.2 Å². The smallest absolute Gasteiger partial charge is 0.253 e. The van der Waals surface area contributed by atoms with Crippen LogP contribution in [0.4, 0.5) is 0 Å². The van der Waals surface area contributed by atoms with Crippen LogP contribution in [0.3, 0.4) is 0 Å². The molecule has 0 bridgehead atoms. The van der Waals surface area contributed by atoms with E-state index in [2.05, 4.69) is 21.3 Å². The molecule has 37 heavy (non-hydrogen) atoms. The first-order valence-corrected chi connectivity index (χ1v) is 11.8. The zero-order valence-corrected chi connectivity index (χ0v) is 21.2. The van der Waals surface area contributed by atoms with Gasteiger partial charge < -0.3 is 21.3 Å². The summed E-state index contributed by atoms with van der Waals surface area (Å²) in [6.07, 6.45) is 2.22. The molecule has 1 aliphatic heterocycles. The fourth-order valence-corrected chi connectivity index (χ4v) is 3.01. The van der Waals surface area contributed by atoms with Gasteiger partial charge >= 0.3 is 0 Å². The molecule has 4 N–H and O–H groups in total. The van der Waals surface area contributed by atoms with Gasteiger partial charge in [0.05, 0.1) is 19.6 Å². The second kappa shape index (κ2) is 16.3. The largest absolute Gasteiger partial charge is 0.347 e. The maximum atomic E-state index is 12.4. The van der Waals surface area contributed by atoms with E-state index in [0.29, 0.717) is 0 Å². The van der Waals surface area contributed by atoms with Crippen molar-refractivity contribution in [3.05, 3.63) is 48.0 Å². The average Bonchev–Trinajstić information content (AvgIpc) is 3.21. The van der Waals surface area contributed by atoms with Crippen LogP contribution in [0.25, 0.3) is 0 Å². The third kappa shape index (κ3) is 11.8. The quantitative estimate of drug-likeness (QED) is 0.263. The van der Waals surface area contributed by atoms with Crippen LogP contribution in [0.1, 0.15) is 38.5 Å². The monoisotopic (exact) mass is 523 g/mol. The Kier molecular flexibility index (Phi) is 13.6. The molecule has 12 heteroatoms. The molecular weight excluding hydrogens is 482 g/mol. The lowest BCUT2D eigenvalue weighted by Gasteiger charge is -2.18. The normalized spacial score (nSPS) is 12.7. The lowest BCUT2D eigenvalue weighted by molar-refractivity contribution is -0.137. The summed E-state index contributed by atoms with van der Waals surface area (Å²) < 4.78 is 0. The number of imide groups is 1. The number of hydrogen-bond donors (Lipinski definition) is 4. The molecule has 1 heterocycles. The molecule has 1 aliphatic rings. The summed E-state index contributed by atoms with van der Waals surface area (Å²) in [6.45, 7) is 4.17. The average molecular weight is 524 g/mol. The van der Waals surface area contributed by atoms with Crippen LogP contribution in [0.5, 0.6) is 0 Å². The minimum Gasteiger partial charge on any atom is -0.347 e. The van der Waals surface area contributed by atoms with Gasteiger partial charge in [-0.15, -0.1) is 0 Å². The van der Waals surface area contributed by atoms with Gasteiger partial charge in [-0.3, -0.25) is 38.5 Å². The maximum Gasteiger partial charge on any atom is 0.253 e. The highest BCUT2D eigenvalue weighted by Gasteiger charge is 2.24. The molecule has 1 aromatic carbocycles. The Bertz CT molecular complexity index is 1020. The van der Waals surface area contributed by atoms with Crippen LogP contribution in [0.15, 0.2) is 42.5 Å². The standard InChI is InChI=1S/C23H27N5O7.C2H6.4H2/c1-15(29)12-26-23(35)17(11-16-5-3-2-4-6-16)27-20(32)14-25-19(31)13-24-18(30)9-10-28-21(33)7-8-22(28)34;1-2;;;;/h2-8,17H,9-14H2,1H3,(H,24,30)(H,25,31)(H,26,35)(H,27,32);1-2H3;4*1H/t17-;;;;;/m0...../s1. The fourth-order valence-electron chi connectivity index (χ4n) is 3.01. The van der Waals surface area contributed by atoms with Gasteiger partial charge in [0.1, 0.15) is 11.8 Å². The number of amides is 6. The molecule has 1 atom stereocenters. The number of Topliss-reactive ketones (excluding diaryl/α,β-unsaturated/α-hetero) is 1. The fraction of sp³-hybridized carbons (Fsp3) is 0.400. The Hall–Kier alpha value is -4.35. The van der Waals surface area contributed by atoms with Gasteiger partial charge in [-0.05, 0) is 12.5 Å². The molecule has 0 unspecified atom stereocenters. The Balaban J connectivity index is -0.00000111. The topological polar surface area (TPSA) is 171 Å². The summed E-state index contributed by atoms with van der Waals surface area (Å²) in [4.78, 5) is 83.5. The maximum absolute atomic E-state index is 12.4. The van der Waals surface area contributed by atoms with E-state index in [1.807, 2.05) is 19.9 Å². The molecular formula is C25H41N5O7. The van der Waals surface area contributed by atoms with Crippen molar-refractivity contribution < 1.29 is 39.3 Å². The molecule has 12 nitrogen and oxygen atoms in total. The summed E-state index contributed by atoms with van der Waals surface area (Å²) >= 11 is 0. The summed E-state index contributed by atoms with van der Waals surface area (Å²) in [6, 6.07) is 7.99. The first-order valence-electron chi connectivity index (χ1n) is 11.8. The van der Waals surface area contributed by atoms with E-state index in [9.17, 15) is 33.6 Å². The lowest BCUT2D eigenvalue weighted by Crippen LogP contribution is -2.51. The molecule has 0 fully saturated rings. The van der Waals surface area contributed by atoms with Crippen molar-refractivity contribution in [1.82, 2.24) is 26.2 Å². The van der Waals surface area contributed by atoms with E-state index >= 15 is 0 Å². The van der Waals surface area contributed by atoms with Crippen LogP contribution in [-0.4, -0.2) is 78.3 Å². The SMILES string of the molecule is CC.CC(=O)CNC(=O)[C@H](Cc1ccccc1)NC(=O)CNC(=O)CNC(=O)CCN1C(=O)C=CC1=O.[HH].[HH].[HH].[HH]. The van der Waals surface area contributed by atoms with Crippen molar-refractivity contribution in [2.45, 2.75) is 39.7 Å². The predicted molar refractivity (Wildman–Crippen MR) is 142 cm³/mol. The van der Waals surface area contributed by atoms with Crippen molar-refractivity contribution in [3.63, 3.8) is 0 Å². The zero-order chi connectivity index (χ0) is 27.8. The molecule has 0 aliphatic carbocycles. The van der Waals surface area contributed by atoms with E-state index in [0.717, 1.165) is 22.6 Å².